The normalized spacial score (nSPS) is 14.9. The number of imide groups is 1. The van der Waals surface area contributed by atoms with Crippen molar-refractivity contribution in [3.05, 3.63) is 52.4 Å². The minimum atomic E-state index is -4.63. The number of hydrogen-bond acceptors (Lipinski definition) is 7. The molecule has 0 bridgehead atoms. The number of carbonyl (C=O) groups excluding carboxylic acids is 3. The van der Waals surface area contributed by atoms with Gasteiger partial charge in [0, 0.05) is 0 Å². The van der Waals surface area contributed by atoms with Gasteiger partial charge in [0.25, 0.3) is 11.1 Å². The molecule has 0 unspecified atom stereocenters. The van der Waals surface area contributed by atoms with Crippen LogP contribution in [0.25, 0.3) is 6.08 Å². The maximum Gasteiger partial charge on any atom is 0.416 e. The Kier molecular flexibility index (Phi) is 7.95. The second-order valence-electron chi connectivity index (χ2n) is 7.07. The lowest BCUT2D eigenvalue weighted by atomic mass is 10.1. The van der Waals surface area contributed by atoms with Crippen LogP contribution in [0, 0.1) is 0 Å². The third-order valence-electron chi connectivity index (χ3n) is 4.76. The largest absolute Gasteiger partial charge is 0.495 e. The number of amides is 3. The van der Waals surface area contributed by atoms with E-state index in [-0.39, 0.29) is 16.3 Å². The van der Waals surface area contributed by atoms with Gasteiger partial charge < -0.3 is 19.5 Å². The van der Waals surface area contributed by atoms with Crippen LogP contribution in [0.2, 0.25) is 0 Å². The van der Waals surface area contributed by atoms with Crippen LogP contribution in [0.4, 0.5) is 23.7 Å². The third kappa shape index (κ3) is 6.07. The SMILES string of the molecule is CCOc1cc(/C=C2\SC(=O)N(CC(=O)Nc3cc(C(F)(F)F)ccc3OC)C2=O)ccc1OC. The molecule has 1 aliphatic heterocycles. The van der Waals surface area contributed by atoms with E-state index in [1.54, 1.807) is 25.1 Å². The van der Waals surface area contributed by atoms with Gasteiger partial charge in [0.1, 0.15) is 12.3 Å². The zero-order chi connectivity index (χ0) is 25.8. The van der Waals surface area contributed by atoms with Crippen molar-refractivity contribution < 1.29 is 41.8 Å². The highest BCUT2D eigenvalue weighted by molar-refractivity contribution is 8.18. The highest BCUT2D eigenvalue weighted by Gasteiger charge is 2.37. The van der Waals surface area contributed by atoms with Crippen LogP contribution in [-0.4, -0.2) is 49.3 Å². The molecule has 1 N–H and O–H groups in total. The van der Waals surface area contributed by atoms with E-state index in [0.717, 1.165) is 12.1 Å². The number of benzene rings is 2. The molecule has 3 amide bonds. The smallest absolute Gasteiger partial charge is 0.416 e. The number of nitrogens with zero attached hydrogens (tertiary/aromatic N) is 1. The average molecular weight is 510 g/mol. The van der Waals surface area contributed by atoms with Crippen molar-refractivity contribution in [2.45, 2.75) is 13.1 Å². The van der Waals surface area contributed by atoms with Crippen molar-refractivity contribution in [1.82, 2.24) is 4.90 Å². The molecule has 1 fully saturated rings. The Labute approximate surface area is 203 Å². The standard InChI is InChI=1S/C23H21F3N2O6S/c1-4-34-18-9-13(5-7-17(18)33-3)10-19-21(30)28(22(31)35-19)12-20(29)27-15-11-14(23(24,25)26)6-8-16(15)32-2/h5-11H,4,12H2,1-3H3,(H,27,29)/b19-10-. The van der Waals surface area contributed by atoms with Gasteiger partial charge in [-0.1, -0.05) is 6.07 Å². The maximum atomic E-state index is 13.0. The van der Waals surface area contributed by atoms with Crippen molar-refractivity contribution in [2.75, 3.05) is 32.7 Å². The summed E-state index contributed by atoms with van der Waals surface area (Å²) in [6.45, 7) is 1.51. The molecule has 2 aromatic rings. The van der Waals surface area contributed by atoms with Crippen LogP contribution in [0.1, 0.15) is 18.1 Å². The number of carbonyl (C=O) groups is 3. The number of nitrogens with one attached hydrogen (secondary N) is 1. The predicted octanol–water partition coefficient (Wildman–Crippen LogP) is 4.80. The fourth-order valence-electron chi connectivity index (χ4n) is 3.15. The lowest BCUT2D eigenvalue weighted by Crippen LogP contribution is -2.36. The molecule has 0 spiro atoms. The van der Waals surface area contributed by atoms with Crippen molar-refractivity contribution in [3.8, 4) is 17.2 Å². The van der Waals surface area contributed by atoms with Crippen molar-refractivity contribution in [3.63, 3.8) is 0 Å². The number of anilines is 1. The zero-order valence-electron chi connectivity index (χ0n) is 18.9. The first-order valence-corrected chi connectivity index (χ1v) is 11.0. The Morgan fingerprint density at radius 2 is 1.74 bits per heavy atom. The fourth-order valence-corrected chi connectivity index (χ4v) is 3.99. The Morgan fingerprint density at radius 1 is 1.06 bits per heavy atom. The summed E-state index contributed by atoms with van der Waals surface area (Å²) in [6, 6.07) is 7.55. The summed E-state index contributed by atoms with van der Waals surface area (Å²) in [7, 11) is 2.72. The summed E-state index contributed by atoms with van der Waals surface area (Å²) in [4.78, 5) is 38.4. The van der Waals surface area contributed by atoms with Gasteiger partial charge in [-0.15, -0.1) is 0 Å². The molecule has 3 rings (SSSR count). The maximum absolute atomic E-state index is 13.0. The van der Waals surface area contributed by atoms with Crippen LogP contribution in [0.5, 0.6) is 17.2 Å². The molecule has 8 nitrogen and oxygen atoms in total. The van der Waals surface area contributed by atoms with Crippen molar-refractivity contribution >= 4 is 40.6 Å². The molecular weight excluding hydrogens is 489 g/mol. The van der Waals surface area contributed by atoms with E-state index >= 15 is 0 Å². The number of halogens is 3. The van der Waals surface area contributed by atoms with Gasteiger partial charge in [0.2, 0.25) is 5.91 Å². The van der Waals surface area contributed by atoms with E-state index < -0.39 is 35.3 Å². The first-order valence-electron chi connectivity index (χ1n) is 10.2. The Bertz CT molecular complexity index is 1180. The van der Waals surface area contributed by atoms with Crippen LogP contribution >= 0.6 is 11.8 Å². The van der Waals surface area contributed by atoms with E-state index in [9.17, 15) is 27.6 Å². The average Bonchev–Trinajstić information content (AvgIpc) is 3.06. The lowest BCUT2D eigenvalue weighted by molar-refractivity contribution is -0.137. The number of hydrogen-bond donors (Lipinski definition) is 1. The van der Waals surface area contributed by atoms with Crippen LogP contribution in [0.3, 0.4) is 0 Å². The van der Waals surface area contributed by atoms with Gasteiger partial charge in [-0.3, -0.25) is 19.3 Å². The first-order chi connectivity index (χ1) is 16.6. The van der Waals surface area contributed by atoms with Gasteiger partial charge in [0.05, 0.1) is 37.0 Å². The third-order valence-corrected chi connectivity index (χ3v) is 5.67. The van der Waals surface area contributed by atoms with Gasteiger partial charge in [-0.05, 0) is 60.7 Å². The molecule has 1 heterocycles. The molecule has 12 heteroatoms. The summed E-state index contributed by atoms with van der Waals surface area (Å²) in [5.41, 5.74) is -0.664. The molecule has 35 heavy (non-hydrogen) atoms. The van der Waals surface area contributed by atoms with Crippen LogP contribution < -0.4 is 19.5 Å². The first kappa shape index (κ1) is 25.9. The van der Waals surface area contributed by atoms with Gasteiger partial charge >= 0.3 is 6.18 Å². The zero-order valence-corrected chi connectivity index (χ0v) is 19.7. The second kappa shape index (κ2) is 10.7. The van der Waals surface area contributed by atoms with E-state index in [0.29, 0.717) is 46.4 Å². The molecule has 0 atom stereocenters. The summed E-state index contributed by atoms with van der Waals surface area (Å²) < 4.78 is 54.8. The predicted molar refractivity (Wildman–Crippen MR) is 123 cm³/mol. The fraction of sp³-hybridized carbons (Fsp3) is 0.261. The quantitative estimate of drug-likeness (QED) is 0.510. The highest BCUT2D eigenvalue weighted by atomic mass is 32.2. The topological polar surface area (TPSA) is 94.2 Å². The molecule has 0 aliphatic carbocycles. The summed E-state index contributed by atoms with van der Waals surface area (Å²) in [6.07, 6.45) is -3.16. The molecular formula is C23H21F3N2O6S. The Morgan fingerprint density at radius 3 is 2.37 bits per heavy atom. The molecule has 2 aromatic carbocycles. The number of rotatable bonds is 8. The number of methoxy groups -OCH3 is 2. The van der Waals surface area contributed by atoms with Gasteiger partial charge in [-0.25, -0.2) is 0 Å². The van der Waals surface area contributed by atoms with Crippen LogP contribution in [0.15, 0.2) is 41.3 Å². The highest BCUT2D eigenvalue weighted by Crippen LogP contribution is 2.36. The number of alkyl halides is 3. The van der Waals surface area contributed by atoms with Gasteiger partial charge in [-0.2, -0.15) is 13.2 Å². The van der Waals surface area contributed by atoms with Crippen molar-refractivity contribution in [1.29, 1.82) is 0 Å². The summed E-state index contributed by atoms with van der Waals surface area (Å²) in [5, 5.41) is 1.58. The summed E-state index contributed by atoms with van der Waals surface area (Å²) >= 11 is 0.641. The van der Waals surface area contributed by atoms with Gasteiger partial charge in [0.15, 0.2) is 11.5 Å². The minimum Gasteiger partial charge on any atom is -0.495 e. The van der Waals surface area contributed by atoms with E-state index in [1.807, 2.05) is 0 Å². The number of thioether (sulfide) groups is 1. The molecule has 0 radical (unpaired) electrons. The molecule has 0 aromatic heterocycles. The van der Waals surface area contributed by atoms with E-state index in [2.05, 4.69) is 5.32 Å². The van der Waals surface area contributed by atoms with Crippen molar-refractivity contribution in [2.24, 2.45) is 0 Å². The van der Waals surface area contributed by atoms with E-state index in [1.165, 1.54) is 20.3 Å². The summed E-state index contributed by atoms with van der Waals surface area (Å²) in [5.74, 6) is -0.629. The monoisotopic (exact) mass is 510 g/mol. The molecule has 1 aliphatic rings. The van der Waals surface area contributed by atoms with Crippen LogP contribution in [-0.2, 0) is 15.8 Å². The molecule has 186 valence electrons. The minimum absolute atomic E-state index is 0.00927. The second-order valence-corrected chi connectivity index (χ2v) is 8.07. The van der Waals surface area contributed by atoms with E-state index in [4.69, 9.17) is 14.2 Å². The Hall–Kier alpha value is -3.67. The Balaban J connectivity index is 1.76. The lowest BCUT2D eigenvalue weighted by Gasteiger charge is -2.16. The number of ether oxygens (including phenoxy) is 3. The molecule has 0 saturated carbocycles. The molecule has 1 saturated heterocycles.